The smallest absolute Gasteiger partial charge is 0.341 e. The van der Waals surface area contributed by atoms with Crippen molar-refractivity contribution >= 4 is 15.7 Å². The Labute approximate surface area is 82.1 Å². The average Bonchev–Trinajstić information content (AvgIpc) is 2.12. The molecule has 0 aromatic heterocycles. The fourth-order valence-electron chi connectivity index (χ4n) is 0.578. The summed E-state index contributed by atoms with van der Waals surface area (Å²) in [4.78, 5) is 9.94. The van der Waals surface area contributed by atoms with Gasteiger partial charge < -0.3 is 9.16 Å². The lowest BCUT2D eigenvalue weighted by atomic mass is 10.3. The van der Waals surface area contributed by atoms with Crippen LogP contribution < -0.4 is 0 Å². The zero-order valence-corrected chi connectivity index (χ0v) is 10.2. The molecule has 13 heavy (non-hydrogen) atoms. The van der Waals surface area contributed by atoms with Gasteiger partial charge in [0.25, 0.3) is 0 Å². The average molecular weight is 202 g/mol. The molecule has 0 atom stereocenters. The minimum Gasteiger partial charge on any atom is -0.430 e. The molecular weight excluding hydrogens is 184 g/mol. The van der Waals surface area contributed by atoms with E-state index in [1.807, 2.05) is 0 Å². The number of hydrogen-bond acceptors (Lipinski definition) is 3. The lowest BCUT2D eigenvalue weighted by Crippen LogP contribution is -2.10. The van der Waals surface area contributed by atoms with Crippen molar-refractivity contribution in [2.24, 2.45) is 0 Å². The molecule has 1 aliphatic heterocycles. The van der Waals surface area contributed by atoms with E-state index in [2.05, 4.69) is 25.5 Å². The van der Waals surface area contributed by atoms with Gasteiger partial charge in [0.15, 0.2) is 9.76 Å². The summed E-state index contributed by atoms with van der Waals surface area (Å²) in [5, 5.41) is 0. The van der Waals surface area contributed by atoms with Crippen molar-refractivity contribution in [1.82, 2.24) is 0 Å². The molecule has 0 aromatic rings. The van der Waals surface area contributed by atoms with E-state index in [4.69, 9.17) is 4.43 Å². The molecule has 0 aliphatic carbocycles. The minimum absolute atomic E-state index is 0.126. The third-order valence-electron chi connectivity index (χ3n) is 1.32. The zero-order valence-electron chi connectivity index (χ0n) is 8.79. The normalized spacial score (nSPS) is 14.8. The third kappa shape index (κ3) is 6.54. The molecule has 76 valence electrons. The maximum atomic E-state index is 9.94. The van der Waals surface area contributed by atoms with E-state index >= 15 is 0 Å². The highest BCUT2D eigenvalue weighted by molar-refractivity contribution is 6.26. The first-order valence-electron chi connectivity index (χ1n) is 4.57. The van der Waals surface area contributed by atoms with E-state index in [0.717, 1.165) is 0 Å². The van der Waals surface area contributed by atoms with E-state index in [1.165, 1.54) is 12.3 Å². The summed E-state index contributed by atoms with van der Waals surface area (Å²) in [5.41, 5.74) is 0.704. The molecule has 0 bridgehead atoms. The molecule has 0 unspecified atom stereocenters. The minimum atomic E-state index is -0.199. The molecule has 0 amide bonds. The molecule has 0 saturated carbocycles. The monoisotopic (exact) mass is 202 g/mol. The van der Waals surface area contributed by atoms with Crippen LogP contribution in [0.25, 0.3) is 0 Å². The van der Waals surface area contributed by atoms with Gasteiger partial charge in [0, 0.05) is 6.10 Å². The van der Waals surface area contributed by atoms with Crippen LogP contribution in [0.2, 0.25) is 6.04 Å². The standard InChI is InChI=1S/C5H14OSi.C4H4O2/c1-4-7-6-5(2)3;1-3-2-6-4(3)5/h5H,4,7H2,1-3H3;2H,1H3. The van der Waals surface area contributed by atoms with E-state index in [1.54, 1.807) is 6.92 Å². The van der Waals surface area contributed by atoms with Gasteiger partial charge in [-0.05, 0) is 26.8 Å². The van der Waals surface area contributed by atoms with Crippen LogP contribution in [0.4, 0.5) is 0 Å². The maximum absolute atomic E-state index is 9.94. The van der Waals surface area contributed by atoms with E-state index in [0.29, 0.717) is 11.7 Å². The molecule has 1 aliphatic rings. The summed E-state index contributed by atoms with van der Waals surface area (Å²) >= 11 is 0. The van der Waals surface area contributed by atoms with Gasteiger partial charge in [-0.25, -0.2) is 4.79 Å². The van der Waals surface area contributed by atoms with Crippen molar-refractivity contribution in [3.8, 4) is 0 Å². The Kier molecular flexibility index (Phi) is 6.53. The first kappa shape index (κ1) is 12.4. The fourth-order valence-corrected chi connectivity index (χ4v) is 1.29. The van der Waals surface area contributed by atoms with Crippen LogP contribution in [-0.4, -0.2) is 21.8 Å². The van der Waals surface area contributed by atoms with E-state index < -0.39 is 0 Å². The molecule has 1 heterocycles. The quantitative estimate of drug-likeness (QED) is 0.512. The highest BCUT2D eigenvalue weighted by Crippen LogP contribution is 2.06. The van der Waals surface area contributed by atoms with Crippen molar-refractivity contribution < 1.29 is 14.0 Å². The molecule has 0 aromatic carbocycles. The van der Waals surface area contributed by atoms with E-state index in [9.17, 15) is 4.79 Å². The van der Waals surface area contributed by atoms with Gasteiger partial charge >= 0.3 is 5.97 Å². The largest absolute Gasteiger partial charge is 0.430 e. The zero-order chi connectivity index (χ0) is 10.3. The van der Waals surface area contributed by atoms with Crippen molar-refractivity contribution in [1.29, 1.82) is 0 Å². The van der Waals surface area contributed by atoms with Gasteiger partial charge in [-0.15, -0.1) is 0 Å². The van der Waals surface area contributed by atoms with Crippen LogP contribution in [0.1, 0.15) is 27.7 Å². The number of cyclic esters (lactones) is 1. The highest BCUT2D eigenvalue weighted by Gasteiger charge is 2.12. The Bertz CT molecular complexity index is 187. The number of esters is 1. The van der Waals surface area contributed by atoms with Crippen molar-refractivity contribution in [2.45, 2.75) is 39.8 Å². The summed E-state index contributed by atoms with van der Waals surface area (Å²) < 4.78 is 9.57. The van der Waals surface area contributed by atoms with Gasteiger partial charge in [-0.2, -0.15) is 0 Å². The lowest BCUT2D eigenvalue weighted by molar-refractivity contribution is -0.138. The van der Waals surface area contributed by atoms with Crippen LogP contribution in [0.15, 0.2) is 11.8 Å². The Morgan fingerprint density at radius 1 is 1.62 bits per heavy atom. The molecule has 1 rings (SSSR count). The van der Waals surface area contributed by atoms with Crippen LogP contribution in [0.3, 0.4) is 0 Å². The van der Waals surface area contributed by atoms with Crippen LogP contribution >= 0.6 is 0 Å². The predicted molar refractivity (Wildman–Crippen MR) is 55.1 cm³/mol. The van der Waals surface area contributed by atoms with Crippen LogP contribution in [0, 0.1) is 0 Å². The van der Waals surface area contributed by atoms with Gasteiger partial charge in [-0.1, -0.05) is 6.92 Å². The summed E-state index contributed by atoms with van der Waals surface area (Å²) in [5.74, 6) is -0.199. The van der Waals surface area contributed by atoms with Gasteiger partial charge in [0.05, 0.1) is 5.57 Å². The Hall–Kier alpha value is -0.613. The molecule has 0 spiro atoms. The fraction of sp³-hybridized carbons (Fsp3) is 0.667. The molecule has 0 saturated heterocycles. The summed E-state index contributed by atoms with van der Waals surface area (Å²) in [6, 6.07) is 1.26. The summed E-state index contributed by atoms with van der Waals surface area (Å²) in [6.45, 7) is 8.06. The second-order valence-electron chi connectivity index (χ2n) is 3.13. The van der Waals surface area contributed by atoms with Gasteiger partial charge in [0.1, 0.15) is 6.26 Å². The number of carbonyl (C=O) groups excluding carboxylic acids is 1. The van der Waals surface area contributed by atoms with Gasteiger partial charge in [0.2, 0.25) is 0 Å². The Morgan fingerprint density at radius 2 is 2.15 bits per heavy atom. The molecule has 0 fully saturated rings. The van der Waals surface area contributed by atoms with E-state index in [-0.39, 0.29) is 15.7 Å². The van der Waals surface area contributed by atoms with Crippen LogP contribution in [0.5, 0.6) is 0 Å². The summed E-state index contributed by atoms with van der Waals surface area (Å²) in [6.07, 6.45) is 1.90. The third-order valence-corrected chi connectivity index (χ3v) is 2.63. The molecular formula is C9H18O3Si. The second-order valence-corrected chi connectivity index (χ2v) is 4.87. The number of rotatable bonds is 3. The lowest BCUT2D eigenvalue weighted by Gasteiger charge is -2.05. The number of hydrogen-bond donors (Lipinski definition) is 0. The molecule has 3 nitrogen and oxygen atoms in total. The number of carbonyl (C=O) groups is 1. The van der Waals surface area contributed by atoms with Crippen molar-refractivity contribution in [2.75, 3.05) is 0 Å². The molecule has 4 heteroatoms. The first-order valence-corrected chi connectivity index (χ1v) is 6.15. The Balaban J connectivity index is 0.000000223. The molecule has 0 N–H and O–H groups in total. The number of ether oxygens (including phenoxy) is 1. The topological polar surface area (TPSA) is 35.5 Å². The van der Waals surface area contributed by atoms with Crippen molar-refractivity contribution in [3.63, 3.8) is 0 Å². The predicted octanol–water partition coefficient (Wildman–Crippen LogP) is 1.38. The molecule has 0 radical (unpaired) electrons. The van der Waals surface area contributed by atoms with Crippen LogP contribution in [-0.2, 0) is 14.0 Å². The Morgan fingerprint density at radius 3 is 2.23 bits per heavy atom. The highest BCUT2D eigenvalue weighted by atomic mass is 28.2. The summed E-state index contributed by atoms with van der Waals surface area (Å²) in [7, 11) is -0.126. The van der Waals surface area contributed by atoms with Gasteiger partial charge in [-0.3, -0.25) is 0 Å². The van der Waals surface area contributed by atoms with Crippen molar-refractivity contribution in [3.05, 3.63) is 11.8 Å². The maximum Gasteiger partial charge on any atom is 0.341 e. The first-order chi connectivity index (χ1) is 6.07. The SMILES string of the molecule is CC1=COC1=O.CC[SiH2]OC(C)C. The second kappa shape index (κ2) is 6.86.